The fourth-order valence-corrected chi connectivity index (χ4v) is 1.79. The highest BCUT2D eigenvalue weighted by molar-refractivity contribution is 5.88. The van der Waals surface area contributed by atoms with Gasteiger partial charge in [0.15, 0.2) is 5.65 Å². The molecule has 0 aliphatic heterocycles. The molecule has 0 fully saturated rings. The van der Waals surface area contributed by atoms with Crippen molar-refractivity contribution in [1.82, 2.24) is 15.0 Å². The highest BCUT2D eigenvalue weighted by atomic mass is 16.4. The van der Waals surface area contributed by atoms with E-state index in [9.17, 15) is 4.79 Å². The topological polar surface area (TPSA) is 78.9 Å². The zero-order valence-electron chi connectivity index (χ0n) is 9.29. The van der Waals surface area contributed by atoms with Crippen LogP contribution in [0.1, 0.15) is 10.4 Å². The van der Waals surface area contributed by atoms with Crippen molar-refractivity contribution >= 4 is 17.1 Å². The maximum atomic E-state index is 10.8. The largest absolute Gasteiger partial charge is 0.478 e. The third kappa shape index (κ3) is 1.71. The van der Waals surface area contributed by atoms with Crippen molar-refractivity contribution in [3.05, 3.63) is 48.4 Å². The first-order valence-electron chi connectivity index (χ1n) is 5.37. The summed E-state index contributed by atoms with van der Waals surface area (Å²) in [5.41, 5.74) is 3.64. The van der Waals surface area contributed by atoms with Gasteiger partial charge in [-0.05, 0) is 23.8 Å². The van der Waals surface area contributed by atoms with E-state index in [4.69, 9.17) is 5.11 Å². The fraction of sp³-hybridized carbons (Fsp3) is 0. The number of carboxylic acid groups (broad SMARTS) is 1. The molecule has 88 valence electrons. The van der Waals surface area contributed by atoms with Crippen LogP contribution in [0.5, 0.6) is 0 Å². The number of nitrogens with one attached hydrogen (secondary N) is 1. The number of aromatic nitrogens is 3. The van der Waals surface area contributed by atoms with Crippen molar-refractivity contribution in [2.24, 2.45) is 0 Å². The van der Waals surface area contributed by atoms with Crippen molar-refractivity contribution < 1.29 is 9.90 Å². The smallest absolute Gasteiger partial charge is 0.335 e. The number of carbonyl (C=O) groups is 1. The van der Waals surface area contributed by atoms with E-state index in [1.165, 1.54) is 0 Å². The van der Waals surface area contributed by atoms with E-state index in [0.717, 1.165) is 16.6 Å². The summed E-state index contributed by atoms with van der Waals surface area (Å²) in [5.74, 6) is -0.927. The predicted molar refractivity (Wildman–Crippen MR) is 66.3 cm³/mol. The molecule has 18 heavy (non-hydrogen) atoms. The predicted octanol–water partition coefficient (Wildman–Crippen LogP) is 2.32. The van der Waals surface area contributed by atoms with Gasteiger partial charge in [0.25, 0.3) is 0 Å². The number of fused-ring (bicyclic) bond motifs is 1. The Morgan fingerprint density at radius 2 is 1.89 bits per heavy atom. The van der Waals surface area contributed by atoms with Gasteiger partial charge in [0.05, 0.1) is 17.4 Å². The molecule has 0 unspecified atom stereocenters. The zero-order chi connectivity index (χ0) is 12.5. The van der Waals surface area contributed by atoms with Gasteiger partial charge in [-0.15, -0.1) is 0 Å². The van der Waals surface area contributed by atoms with E-state index in [2.05, 4.69) is 15.0 Å². The molecule has 3 aromatic rings. The van der Waals surface area contributed by atoms with Crippen LogP contribution in [-0.2, 0) is 0 Å². The second-order valence-corrected chi connectivity index (χ2v) is 3.88. The monoisotopic (exact) mass is 239 g/mol. The molecule has 2 N–H and O–H groups in total. The van der Waals surface area contributed by atoms with Crippen molar-refractivity contribution in [3.63, 3.8) is 0 Å². The fourth-order valence-electron chi connectivity index (χ4n) is 1.79. The van der Waals surface area contributed by atoms with Crippen LogP contribution in [0.4, 0.5) is 0 Å². The average molecular weight is 239 g/mol. The Labute approximate surface area is 102 Å². The van der Waals surface area contributed by atoms with Crippen LogP contribution < -0.4 is 0 Å². The summed E-state index contributed by atoms with van der Waals surface area (Å²) in [6.45, 7) is 0. The molecule has 0 amide bonds. The first-order valence-corrected chi connectivity index (χ1v) is 5.37. The van der Waals surface area contributed by atoms with Crippen molar-refractivity contribution in [3.8, 4) is 11.1 Å². The molecule has 0 radical (unpaired) electrons. The third-order valence-electron chi connectivity index (χ3n) is 2.74. The molecule has 2 aromatic heterocycles. The molecule has 5 heteroatoms. The van der Waals surface area contributed by atoms with Gasteiger partial charge in [0.2, 0.25) is 0 Å². The number of pyridine rings is 1. The molecule has 0 bridgehead atoms. The Morgan fingerprint density at radius 3 is 2.61 bits per heavy atom. The summed E-state index contributed by atoms with van der Waals surface area (Å²) >= 11 is 0. The second kappa shape index (κ2) is 3.96. The minimum Gasteiger partial charge on any atom is -0.478 e. The SMILES string of the molecule is O=C(O)c1ccc(-c2cnc3nc[nH]c3c2)cc1. The number of hydrogen-bond donors (Lipinski definition) is 2. The molecule has 0 spiro atoms. The van der Waals surface area contributed by atoms with E-state index in [1.807, 2.05) is 6.07 Å². The Kier molecular flexibility index (Phi) is 2.30. The van der Waals surface area contributed by atoms with Gasteiger partial charge < -0.3 is 10.1 Å². The lowest BCUT2D eigenvalue weighted by atomic mass is 10.1. The number of imidazole rings is 1. The standard InChI is InChI=1S/C13H9N3O2/c17-13(18)9-3-1-8(2-4-9)10-5-11-12(14-6-10)16-7-15-11/h1-7H,(H,17,18)(H,14,15,16). The highest BCUT2D eigenvalue weighted by Crippen LogP contribution is 2.21. The second-order valence-electron chi connectivity index (χ2n) is 3.88. The average Bonchev–Trinajstić information content (AvgIpc) is 2.86. The molecule has 2 heterocycles. The molecule has 3 rings (SSSR count). The molecule has 0 saturated carbocycles. The minimum absolute atomic E-state index is 0.273. The van der Waals surface area contributed by atoms with Crippen LogP contribution in [-0.4, -0.2) is 26.0 Å². The Balaban J connectivity index is 2.05. The number of hydrogen-bond acceptors (Lipinski definition) is 3. The third-order valence-corrected chi connectivity index (χ3v) is 2.74. The van der Waals surface area contributed by atoms with Gasteiger partial charge in [-0.2, -0.15) is 0 Å². The quantitative estimate of drug-likeness (QED) is 0.719. The Hall–Kier alpha value is -2.69. The number of H-pyrrole nitrogens is 1. The van der Waals surface area contributed by atoms with Crippen LogP contribution in [0, 0.1) is 0 Å². The van der Waals surface area contributed by atoms with E-state index < -0.39 is 5.97 Å². The molecule has 1 aromatic carbocycles. The number of aromatic amines is 1. The Bertz CT molecular complexity index is 716. The van der Waals surface area contributed by atoms with E-state index in [1.54, 1.807) is 36.8 Å². The van der Waals surface area contributed by atoms with E-state index in [-0.39, 0.29) is 5.56 Å². The van der Waals surface area contributed by atoms with Crippen LogP contribution in [0.15, 0.2) is 42.9 Å². The summed E-state index contributed by atoms with van der Waals surface area (Å²) in [7, 11) is 0. The normalized spacial score (nSPS) is 10.7. The first-order chi connectivity index (χ1) is 8.74. The molecule has 0 atom stereocenters. The molecular weight excluding hydrogens is 230 g/mol. The van der Waals surface area contributed by atoms with Crippen LogP contribution >= 0.6 is 0 Å². The van der Waals surface area contributed by atoms with Crippen LogP contribution in [0.2, 0.25) is 0 Å². The van der Waals surface area contributed by atoms with E-state index in [0.29, 0.717) is 5.65 Å². The summed E-state index contributed by atoms with van der Waals surface area (Å²) in [6.07, 6.45) is 3.31. The molecule has 0 saturated heterocycles. The minimum atomic E-state index is -0.927. The summed E-state index contributed by atoms with van der Waals surface area (Å²) in [5, 5.41) is 8.83. The Morgan fingerprint density at radius 1 is 1.11 bits per heavy atom. The molecule has 0 aliphatic rings. The van der Waals surface area contributed by atoms with Gasteiger partial charge in [0, 0.05) is 11.8 Å². The van der Waals surface area contributed by atoms with Gasteiger partial charge in [-0.25, -0.2) is 14.8 Å². The summed E-state index contributed by atoms with van der Waals surface area (Å²) in [4.78, 5) is 22.0. The lowest BCUT2D eigenvalue weighted by Crippen LogP contribution is -1.95. The summed E-state index contributed by atoms with van der Waals surface area (Å²) < 4.78 is 0. The zero-order valence-corrected chi connectivity index (χ0v) is 9.29. The van der Waals surface area contributed by atoms with Gasteiger partial charge in [-0.3, -0.25) is 0 Å². The number of rotatable bonds is 2. The number of aromatic carboxylic acids is 1. The lowest BCUT2D eigenvalue weighted by molar-refractivity contribution is 0.0697. The van der Waals surface area contributed by atoms with Crippen molar-refractivity contribution in [1.29, 1.82) is 0 Å². The van der Waals surface area contributed by atoms with Gasteiger partial charge >= 0.3 is 5.97 Å². The maximum Gasteiger partial charge on any atom is 0.335 e. The molecule has 0 aliphatic carbocycles. The highest BCUT2D eigenvalue weighted by Gasteiger charge is 2.05. The van der Waals surface area contributed by atoms with Crippen molar-refractivity contribution in [2.45, 2.75) is 0 Å². The van der Waals surface area contributed by atoms with Crippen LogP contribution in [0.25, 0.3) is 22.3 Å². The van der Waals surface area contributed by atoms with Crippen molar-refractivity contribution in [2.75, 3.05) is 0 Å². The number of carboxylic acids is 1. The van der Waals surface area contributed by atoms with E-state index >= 15 is 0 Å². The first kappa shape index (κ1) is 10.5. The molecule has 5 nitrogen and oxygen atoms in total. The van der Waals surface area contributed by atoms with Gasteiger partial charge in [-0.1, -0.05) is 12.1 Å². The maximum absolute atomic E-state index is 10.8. The number of nitrogens with zero attached hydrogens (tertiary/aromatic N) is 2. The summed E-state index contributed by atoms with van der Waals surface area (Å²) in [6, 6.07) is 8.63. The lowest BCUT2D eigenvalue weighted by Gasteiger charge is -2.01. The number of benzene rings is 1. The van der Waals surface area contributed by atoms with Gasteiger partial charge in [0.1, 0.15) is 0 Å². The molecular formula is C13H9N3O2. The van der Waals surface area contributed by atoms with Crippen LogP contribution in [0.3, 0.4) is 0 Å².